The van der Waals surface area contributed by atoms with E-state index >= 15 is 0 Å². The molecule has 0 saturated carbocycles. The topological polar surface area (TPSA) is 98.2 Å². The fourth-order valence-corrected chi connectivity index (χ4v) is 2.37. The quantitative estimate of drug-likeness (QED) is 0.789. The Kier molecular flexibility index (Phi) is 3.51. The lowest BCUT2D eigenvalue weighted by Gasteiger charge is -1.95. The smallest absolute Gasteiger partial charge is 0.293 e. The Balaban J connectivity index is 1.93. The number of halogens is 1. The summed E-state index contributed by atoms with van der Waals surface area (Å²) in [5, 5.41) is 3.49. The van der Waals surface area contributed by atoms with E-state index in [1.54, 1.807) is 0 Å². The van der Waals surface area contributed by atoms with Gasteiger partial charge in [-0.25, -0.2) is 17.5 Å². The molecule has 0 radical (unpaired) electrons. The van der Waals surface area contributed by atoms with Crippen LogP contribution in [0.1, 0.15) is 0 Å². The van der Waals surface area contributed by atoms with Gasteiger partial charge in [0, 0.05) is 5.56 Å². The molecule has 0 fully saturated rings. The van der Waals surface area contributed by atoms with Crippen molar-refractivity contribution in [3.63, 3.8) is 0 Å². The highest BCUT2D eigenvalue weighted by Gasteiger charge is 2.20. The molecule has 0 atom stereocenters. The molecule has 0 aliphatic carbocycles. The van der Waals surface area contributed by atoms with Crippen molar-refractivity contribution in [1.82, 2.24) is 14.9 Å². The standard InChI is InChI=1S/C13H10FN3O4S/c1-15-22(18,19)11-7-6-10(20-11)13-16-12(17-21-13)8-2-4-9(14)5-3-8/h2-7,15H,1H3. The van der Waals surface area contributed by atoms with Crippen molar-refractivity contribution >= 4 is 10.0 Å². The minimum absolute atomic E-state index is 0.0249. The Labute approximate surface area is 124 Å². The van der Waals surface area contributed by atoms with E-state index in [9.17, 15) is 12.8 Å². The van der Waals surface area contributed by atoms with Gasteiger partial charge in [-0.2, -0.15) is 4.98 Å². The lowest BCUT2D eigenvalue weighted by atomic mass is 10.2. The van der Waals surface area contributed by atoms with E-state index in [0.717, 1.165) is 0 Å². The molecule has 0 spiro atoms. The van der Waals surface area contributed by atoms with E-state index in [1.165, 1.54) is 43.4 Å². The second-order valence-electron chi connectivity index (χ2n) is 4.26. The number of benzene rings is 1. The molecule has 9 heteroatoms. The van der Waals surface area contributed by atoms with Gasteiger partial charge in [-0.1, -0.05) is 5.16 Å². The number of rotatable bonds is 4. The van der Waals surface area contributed by atoms with Crippen molar-refractivity contribution in [3.8, 4) is 23.0 Å². The van der Waals surface area contributed by atoms with Crippen LogP contribution in [-0.2, 0) is 10.0 Å². The summed E-state index contributed by atoms with van der Waals surface area (Å²) < 4.78 is 48.4. The normalized spacial score (nSPS) is 11.7. The maximum absolute atomic E-state index is 12.9. The highest BCUT2D eigenvalue weighted by molar-refractivity contribution is 7.89. The van der Waals surface area contributed by atoms with Gasteiger partial charge in [-0.3, -0.25) is 0 Å². The number of sulfonamides is 1. The number of aromatic nitrogens is 2. The van der Waals surface area contributed by atoms with E-state index in [2.05, 4.69) is 14.9 Å². The van der Waals surface area contributed by atoms with Crippen LogP contribution in [0.2, 0.25) is 0 Å². The Bertz CT molecular complexity index is 900. The van der Waals surface area contributed by atoms with Crippen LogP contribution in [-0.4, -0.2) is 25.6 Å². The molecule has 114 valence electrons. The van der Waals surface area contributed by atoms with Crippen molar-refractivity contribution in [2.75, 3.05) is 7.05 Å². The number of furan rings is 1. The number of hydrogen-bond donors (Lipinski definition) is 1. The van der Waals surface area contributed by atoms with Crippen molar-refractivity contribution in [3.05, 3.63) is 42.2 Å². The predicted octanol–water partition coefficient (Wildman–Crippen LogP) is 2.04. The van der Waals surface area contributed by atoms with Gasteiger partial charge in [0.1, 0.15) is 5.82 Å². The Morgan fingerprint density at radius 3 is 2.55 bits per heavy atom. The minimum Gasteiger partial charge on any atom is -0.438 e. The Morgan fingerprint density at radius 2 is 1.86 bits per heavy atom. The van der Waals surface area contributed by atoms with Gasteiger partial charge in [0.25, 0.3) is 15.9 Å². The van der Waals surface area contributed by atoms with Crippen molar-refractivity contribution in [1.29, 1.82) is 0 Å². The summed E-state index contributed by atoms with van der Waals surface area (Å²) in [6, 6.07) is 8.24. The zero-order valence-corrected chi connectivity index (χ0v) is 12.1. The summed E-state index contributed by atoms with van der Waals surface area (Å²) >= 11 is 0. The second kappa shape index (κ2) is 5.35. The zero-order chi connectivity index (χ0) is 15.7. The Hall–Kier alpha value is -2.52. The van der Waals surface area contributed by atoms with Crippen molar-refractivity contribution in [2.24, 2.45) is 0 Å². The molecule has 0 saturated heterocycles. The van der Waals surface area contributed by atoms with E-state index in [1.807, 2.05) is 0 Å². The van der Waals surface area contributed by atoms with Crippen LogP contribution in [0.3, 0.4) is 0 Å². The molecule has 22 heavy (non-hydrogen) atoms. The summed E-state index contributed by atoms with van der Waals surface area (Å²) in [7, 11) is -2.41. The van der Waals surface area contributed by atoms with Crippen LogP contribution in [0.5, 0.6) is 0 Å². The fourth-order valence-electron chi connectivity index (χ4n) is 1.72. The van der Waals surface area contributed by atoms with Gasteiger partial charge in [0.15, 0.2) is 5.76 Å². The molecule has 7 nitrogen and oxygen atoms in total. The number of nitrogens with zero attached hydrogens (tertiary/aromatic N) is 2. The summed E-state index contributed by atoms with van der Waals surface area (Å²) in [5.74, 6) is 0.0106. The van der Waals surface area contributed by atoms with Crippen LogP contribution in [0.15, 0.2) is 50.4 Å². The molecule has 3 rings (SSSR count). The average Bonchev–Trinajstić information content (AvgIpc) is 3.17. The van der Waals surface area contributed by atoms with E-state index in [4.69, 9.17) is 8.94 Å². The van der Waals surface area contributed by atoms with Gasteiger partial charge in [-0.15, -0.1) is 0 Å². The first kappa shape index (κ1) is 14.4. The van der Waals surface area contributed by atoms with Crippen molar-refractivity contribution < 1.29 is 21.7 Å². The summed E-state index contributed by atoms with van der Waals surface area (Å²) in [6.45, 7) is 0. The average molecular weight is 323 g/mol. The summed E-state index contributed by atoms with van der Waals surface area (Å²) in [5.41, 5.74) is 0.561. The third-order valence-corrected chi connectivity index (χ3v) is 4.14. The summed E-state index contributed by atoms with van der Waals surface area (Å²) in [4.78, 5) is 4.09. The molecule has 1 N–H and O–H groups in total. The van der Waals surface area contributed by atoms with Crippen LogP contribution >= 0.6 is 0 Å². The first-order valence-corrected chi connectivity index (χ1v) is 7.61. The highest BCUT2D eigenvalue weighted by Crippen LogP contribution is 2.25. The van der Waals surface area contributed by atoms with Gasteiger partial charge in [0.2, 0.25) is 10.9 Å². The minimum atomic E-state index is -3.68. The van der Waals surface area contributed by atoms with Crippen LogP contribution < -0.4 is 4.72 Å². The highest BCUT2D eigenvalue weighted by atomic mass is 32.2. The largest absolute Gasteiger partial charge is 0.438 e. The monoisotopic (exact) mass is 323 g/mol. The molecular formula is C13H10FN3O4S. The molecule has 0 bridgehead atoms. The molecule has 2 heterocycles. The maximum atomic E-state index is 12.9. The second-order valence-corrected chi connectivity index (χ2v) is 6.07. The molecule has 1 aromatic carbocycles. The first-order chi connectivity index (χ1) is 10.5. The fraction of sp³-hybridized carbons (Fsp3) is 0.0769. The van der Waals surface area contributed by atoms with Gasteiger partial charge >= 0.3 is 0 Å². The van der Waals surface area contributed by atoms with Crippen LogP contribution in [0, 0.1) is 5.82 Å². The van der Waals surface area contributed by atoms with Crippen LogP contribution in [0.25, 0.3) is 23.0 Å². The lowest BCUT2D eigenvalue weighted by molar-refractivity contribution is 0.399. The van der Waals surface area contributed by atoms with E-state index in [-0.39, 0.29) is 28.4 Å². The SMILES string of the molecule is CNS(=O)(=O)c1ccc(-c2nc(-c3ccc(F)cc3)no2)o1. The van der Waals surface area contributed by atoms with E-state index < -0.39 is 10.0 Å². The zero-order valence-electron chi connectivity index (χ0n) is 11.3. The predicted molar refractivity (Wildman–Crippen MR) is 73.6 cm³/mol. The maximum Gasteiger partial charge on any atom is 0.293 e. The van der Waals surface area contributed by atoms with E-state index in [0.29, 0.717) is 5.56 Å². The van der Waals surface area contributed by atoms with Gasteiger partial charge < -0.3 is 8.94 Å². The number of nitrogens with one attached hydrogen (secondary N) is 1. The number of hydrogen-bond acceptors (Lipinski definition) is 6. The third-order valence-electron chi connectivity index (χ3n) is 2.85. The molecule has 0 unspecified atom stereocenters. The molecule has 0 aliphatic rings. The summed E-state index contributed by atoms with van der Waals surface area (Å²) in [6.07, 6.45) is 0. The lowest BCUT2D eigenvalue weighted by Crippen LogP contribution is -2.17. The Morgan fingerprint density at radius 1 is 1.14 bits per heavy atom. The van der Waals surface area contributed by atoms with Crippen molar-refractivity contribution in [2.45, 2.75) is 5.09 Å². The molecule has 3 aromatic rings. The first-order valence-electron chi connectivity index (χ1n) is 6.13. The third kappa shape index (κ3) is 2.63. The molecular weight excluding hydrogens is 313 g/mol. The molecule has 0 amide bonds. The van der Waals surface area contributed by atoms with Gasteiger partial charge in [-0.05, 0) is 43.4 Å². The molecule has 2 aromatic heterocycles. The van der Waals surface area contributed by atoms with Crippen LogP contribution in [0.4, 0.5) is 4.39 Å². The van der Waals surface area contributed by atoms with Gasteiger partial charge in [0.05, 0.1) is 0 Å². The molecule has 0 aliphatic heterocycles.